The van der Waals surface area contributed by atoms with Crippen LogP contribution in [0.5, 0.6) is 0 Å². The van der Waals surface area contributed by atoms with Crippen LogP contribution in [0.1, 0.15) is 79.1 Å². The summed E-state index contributed by atoms with van der Waals surface area (Å²) in [5.74, 6) is -0.973. The summed E-state index contributed by atoms with van der Waals surface area (Å²) in [6.07, 6.45) is 4.72. The van der Waals surface area contributed by atoms with Gasteiger partial charge in [-0.2, -0.15) is 0 Å². The summed E-state index contributed by atoms with van der Waals surface area (Å²) in [5, 5.41) is 0. The third-order valence-electron chi connectivity index (χ3n) is 5.16. The van der Waals surface area contributed by atoms with Gasteiger partial charge >= 0.3 is 11.9 Å². The number of hydrogen-bond donors (Lipinski definition) is 0. The van der Waals surface area contributed by atoms with Crippen LogP contribution < -0.4 is 0 Å². The molecule has 2 aliphatic heterocycles. The molecule has 0 aromatic carbocycles. The van der Waals surface area contributed by atoms with Gasteiger partial charge in [0.1, 0.15) is 8.64 Å². The van der Waals surface area contributed by atoms with Crippen LogP contribution in [0, 0.1) is 0 Å². The lowest BCUT2D eigenvalue weighted by Gasteiger charge is -2.14. The van der Waals surface area contributed by atoms with Crippen molar-refractivity contribution < 1.29 is 28.7 Å². The SMILES string of the molecule is CC(C)OC(=O)CCCCCN1C(=O)C(=C2SC(=S)N(CCCCCC(=O)OC(C)C)C2=O)SC1=S. The second kappa shape index (κ2) is 15.0. The number of ether oxygens (including phenoxy) is 2. The first-order chi connectivity index (χ1) is 17.0. The molecular formula is C24H34N2O6S4. The van der Waals surface area contributed by atoms with E-state index in [1.165, 1.54) is 9.80 Å². The zero-order valence-corrected chi connectivity index (χ0v) is 24.5. The molecule has 0 atom stereocenters. The van der Waals surface area contributed by atoms with Crippen molar-refractivity contribution in [3.63, 3.8) is 0 Å². The number of carbonyl (C=O) groups is 4. The number of amides is 2. The van der Waals surface area contributed by atoms with E-state index in [0.717, 1.165) is 36.4 Å². The molecule has 2 aliphatic rings. The van der Waals surface area contributed by atoms with Gasteiger partial charge < -0.3 is 9.47 Å². The van der Waals surface area contributed by atoms with Crippen LogP contribution in [-0.2, 0) is 28.7 Å². The summed E-state index contributed by atoms with van der Waals surface area (Å²) in [4.78, 5) is 53.0. The molecule has 2 saturated heterocycles. The Morgan fingerprint density at radius 2 is 1.06 bits per heavy atom. The topological polar surface area (TPSA) is 93.2 Å². The fraction of sp³-hybridized carbons (Fsp3) is 0.667. The van der Waals surface area contributed by atoms with Crippen molar-refractivity contribution in [2.75, 3.05) is 13.1 Å². The highest BCUT2D eigenvalue weighted by molar-refractivity contribution is 8.29. The van der Waals surface area contributed by atoms with Crippen LogP contribution in [-0.4, -0.2) is 67.5 Å². The average molecular weight is 575 g/mol. The minimum atomic E-state index is -0.270. The van der Waals surface area contributed by atoms with Gasteiger partial charge in [-0.05, 0) is 53.4 Å². The van der Waals surface area contributed by atoms with Crippen LogP contribution in [0.4, 0.5) is 0 Å². The molecule has 0 aliphatic carbocycles. The van der Waals surface area contributed by atoms with Gasteiger partial charge in [-0.15, -0.1) is 0 Å². The second-order valence-electron chi connectivity index (χ2n) is 9.01. The summed E-state index contributed by atoms with van der Waals surface area (Å²) in [6, 6.07) is 0. The number of carbonyl (C=O) groups excluding carboxylic acids is 4. The normalized spacial score (nSPS) is 18.3. The number of esters is 2. The standard InChI is InChI=1S/C24H34N2O6S4/c1-15(2)31-17(27)11-7-5-9-13-25-21(29)19(35-23(25)33)20-22(30)26(24(34)36-20)14-10-6-8-12-18(28)32-16(3)4/h15-16H,5-14H2,1-4H3. The number of rotatable bonds is 14. The quantitative estimate of drug-likeness (QED) is 0.123. The van der Waals surface area contributed by atoms with Gasteiger partial charge in [-0.1, -0.05) is 60.8 Å². The molecule has 0 aromatic heterocycles. The van der Waals surface area contributed by atoms with E-state index in [0.29, 0.717) is 70.1 Å². The van der Waals surface area contributed by atoms with Crippen molar-refractivity contribution in [1.82, 2.24) is 9.80 Å². The van der Waals surface area contributed by atoms with E-state index in [1.54, 1.807) is 0 Å². The van der Waals surface area contributed by atoms with E-state index < -0.39 is 0 Å². The molecule has 0 aromatic rings. The Bertz CT molecular complexity index is 846. The van der Waals surface area contributed by atoms with Crippen LogP contribution in [0.3, 0.4) is 0 Å². The Labute approximate surface area is 232 Å². The van der Waals surface area contributed by atoms with E-state index in [9.17, 15) is 19.2 Å². The molecule has 0 radical (unpaired) electrons. The highest BCUT2D eigenvalue weighted by atomic mass is 32.2. The van der Waals surface area contributed by atoms with Crippen molar-refractivity contribution in [1.29, 1.82) is 0 Å². The van der Waals surface area contributed by atoms with Gasteiger partial charge in [-0.3, -0.25) is 29.0 Å². The third-order valence-corrected chi connectivity index (χ3v) is 8.19. The molecule has 2 fully saturated rings. The zero-order chi connectivity index (χ0) is 26.8. The predicted molar refractivity (Wildman–Crippen MR) is 150 cm³/mol. The van der Waals surface area contributed by atoms with Gasteiger partial charge in [-0.25, -0.2) is 0 Å². The fourth-order valence-electron chi connectivity index (χ4n) is 3.53. The van der Waals surface area contributed by atoms with Crippen molar-refractivity contribution in [2.45, 2.75) is 91.3 Å². The number of nitrogens with zero attached hydrogens (tertiary/aromatic N) is 2. The van der Waals surface area contributed by atoms with Gasteiger partial charge in [0, 0.05) is 25.9 Å². The van der Waals surface area contributed by atoms with Crippen molar-refractivity contribution in [3.05, 3.63) is 9.81 Å². The van der Waals surface area contributed by atoms with Crippen molar-refractivity contribution in [3.8, 4) is 0 Å². The predicted octanol–water partition coefficient (Wildman–Crippen LogP) is 4.94. The third kappa shape index (κ3) is 9.42. The van der Waals surface area contributed by atoms with E-state index in [4.69, 9.17) is 33.9 Å². The molecule has 2 heterocycles. The maximum Gasteiger partial charge on any atom is 0.306 e. The second-order valence-corrected chi connectivity index (χ2v) is 12.3. The Morgan fingerprint density at radius 1 is 0.694 bits per heavy atom. The molecule has 0 spiro atoms. The number of thiocarbonyl (C=S) groups is 2. The monoisotopic (exact) mass is 574 g/mol. The summed E-state index contributed by atoms with van der Waals surface area (Å²) in [6.45, 7) is 8.14. The van der Waals surface area contributed by atoms with E-state index >= 15 is 0 Å². The van der Waals surface area contributed by atoms with Crippen LogP contribution >= 0.6 is 48.0 Å². The smallest absolute Gasteiger partial charge is 0.306 e. The average Bonchev–Trinajstić information content (AvgIpc) is 3.21. The molecule has 0 N–H and O–H groups in total. The summed E-state index contributed by atoms with van der Waals surface area (Å²) < 4.78 is 11.1. The summed E-state index contributed by atoms with van der Waals surface area (Å²) >= 11 is 13.1. The van der Waals surface area contributed by atoms with Gasteiger partial charge in [0.15, 0.2) is 0 Å². The molecule has 12 heteroatoms. The number of unbranched alkanes of at least 4 members (excludes halogenated alkanes) is 4. The van der Waals surface area contributed by atoms with Crippen molar-refractivity contribution >= 4 is 80.4 Å². The molecule has 2 rings (SSSR count). The van der Waals surface area contributed by atoms with Gasteiger partial charge in [0.05, 0.1) is 22.0 Å². The Morgan fingerprint density at radius 3 is 1.39 bits per heavy atom. The molecule has 0 bridgehead atoms. The Balaban J connectivity index is 1.81. The highest BCUT2D eigenvalue weighted by Gasteiger charge is 2.41. The molecule has 0 unspecified atom stereocenters. The molecule has 200 valence electrons. The molecule has 2 amide bonds. The van der Waals surface area contributed by atoms with Crippen LogP contribution in [0.2, 0.25) is 0 Å². The van der Waals surface area contributed by atoms with Gasteiger partial charge in [0.2, 0.25) is 0 Å². The van der Waals surface area contributed by atoms with Crippen molar-refractivity contribution in [2.24, 2.45) is 0 Å². The lowest BCUT2D eigenvalue weighted by Crippen LogP contribution is -2.31. The summed E-state index contributed by atoms with van der Waals surface area (Å²) in [7, 11) is 0. The first kappa shape index (κ1) is 30.7. The van der Waals surface area contributed by atoms with Crippen LogP contribution in [0.15, 0.2) is 9.81 Å². The first-order valence-electron chi connectivity index (χ1n) is 12.2. The minimum Gasteiger partial charge on any atom is -0.463 e. The van der Waals surface area contributed by atoms with E-state index in [2.05, 4.69) is 0 Å². The maximum absolute atomic E-state index is 13.0. The largest absolute Gasteiger partial charge is 0.463 e. The lowest BCUT2D eigenvalue weighted by atomic mass is 10.2. The van der Waals surface area contributed by atoms with Crippen LogP contribution in [0.25, 0.3) is 0 Å². The molecule has 36 heavy (non-hydrogen) atoms. The highest BCUT2D eigenvalue weighted by Crippen LogP contribution is 2.42. The zero-order valence-electron chi connectivity index (χ0n) is 21.2. The summed E-state index contributed by atoms with van der Waals surface area (Å²) in [5.41, 5.74) is 0. The maximum atomic E-state index is 13.0. The molecular weight excluding hydrogens is 541 g/mol. The van der Waals surface area contributed by atoms with E-state index in [-0.39, 0.29) is 36.0 Å². The van der Waals surface area contributed by atoms with Gasteiger partial charge in [0.25, 0.3) is 11.8 Å². The first-order valence-corrected chi connectivity index (χ1v) is 14.7. The number of thioether (sulfide) groups is 2. The minimum absolute atomic E-state index is 0.124. The van der Waals surface area contributed by atoms with E-state index in [1.807, 2.05) is 27.7 Å². The Kier molecular flexibility index (Phi) is 12.8. The molecule has 0 saturated carbocycles. The lowest BCUT2D eigenvalue weighted by molar-refractivity contribution is -0.148. The fourth-order valence-corrected chi connectivity index (χ4v) is 6.30. The number of hydrogen-bond acceptors (Lipinski definition) is 10. The Hall–Kier alpha value is -1.50. The molecule has 8 nitrogen and oxygen atoms in total.